The summed E-state index contributed by atoms with van der Waals surface area (Å²) in [6.45, 7) is 2.47. The highest BCUT2D eigenvalue weighted by atomic mass is 35.5. The van der Waals surface area contributed by atoms with Crippen molar-refractivity contribution in [1.29, 1.82) is 0 Å². The lowest BCUT2D eigenvalue weighted by atomic mass is 9.98. The number of benzene rings is 2. The fourth-order valence-electron chi connectivity index (χ4n) is 3.30. The van der Waals surface area contributed by atoms with Gasteiger partial charge in [-0.15, -0.1) is 0 Å². The number of anilines is 1. The Labute approximate surface area is 170 Å². The number of carbonyl (C=O) groups is 1. The molecule has 0 saturated carbocycles. The second-order valence-electron chi connectivity index (χ2n) is 6.86. The molecule has 3 rings (SSSR count). The molecule has 150 valence electrons. The Kier molecular flexibility index (Phi) is 6.27. The number of aryl methyl sites for hydroxylation is 1. The van der Waals surface area contributed by atoms with Crippen LogP contribution in [0, 0.1) is 12.8 Å². The molecule has 1 saturated heterocycles. The molecule has 28 heavy (non-hydrogen) atoms. The van der Waals surface area contributed by atoms with Crippen molar-refractivity contribution in [2.24, 2.45) is 5.92 Å². The van der Waals surface area contributed by atoms with Gasteiger partial charge in [-0.1, -0.05) is 23.7 Å². The summed E-state index contributed by atoms with van der Waals surface area (Å²) in [5.74, 6) is -0.161. The lowest BCUT2D eigenvalue weighted by Gasteiger charge is -2.31. The Bertz CT molecular complexity index is 978. The van der Waals surface area contributed by atoms with Crippen LogP contribution < -0.4 is 10.1 Å². The van der Waals surface area contributed by atoms with Gasteiger partial charge >= 0.3 is 0 Å². The quantitative estimate of drug-likeness (QED) is 0.797. The zero-order chi connectivity index (χ0) is 20.3. The molecule has 0 aromatic heterocycles. The monoisotopic (exact) mass is 422 g/mol. The third-order valence-corrected chi connectivity index (χ3v) is 6.96. The molecular formula is C20H23ClN2O4S. The Hall–Kier alpha value is -2.09. The van der Waals surface area contributed by atoms with E-state index >= 15 is 0 Å². The van der Waals surface area contributed by atoms with Crippen LogP contribution in [0.3, 0.4) is 0 Å². The fourth-order valence-corrected chi connectivity index (χ4v) is 5.17. The predicted octanol–water partition coefficient (Wildman–Crippen LogP) is 3.70. The van der Waals surface area contributed by atoms with Crippen molar-refractivity contribution in [3.63, 3.8) is 0 Å². The number of nitrogens with one attached hydrogen (secondary N) is 1. The topological polar surface area (TPSA) is 75.7 Å². The molecule has 1 amide bonds. The van der Waals surface area contributed by atoms with E-state index in [0.29, 0.717) is 30.8 Å². The maximum Gasteiger partial charge on any atom is 0.243 e. The maximum absolute atomic E-state index is 13.0. The van der Waals surface area contributed by atoms with Gasteiger partial charge in [-0.25, -0.2) is 8.42 Å². The van der Waals surface area contributed by atoms with E-state index in [1.807, 2.05) is 31.2 Å². The first-order chi connectivity index (χ1) is 13.3. The lowest BCUT2D eigenvalue weighted by Crippen LogP contribution is -2.43. The molecule has 8 heteroatoms. The third kappa shape index (κ3) is 4.48. The van der Waals surface area contributed by atoms with Crippen molar-refractivity contribution in [3.05, 3.63) is 53.1 Å². The number of hydrogen-bond donors (Lipinski definition) is 1. The number of sulfonamides is 1. The molecule has 1 N–H and O–H groups in total. The first-order valence-electron chi connectivity index (χ1n) is 9.02. The third-order valence-electron chi connectivity index (χ3n) is 4.80. The van der Waals surface area contributed by atoms with Gasteiger partial charge in [0.15, 0.2) is 0 Å². The summed E-state index contributed by atoms with van der Waals surface area (Å²) in [6.07, 6.45) is 1.27. The van der Waals surface area contributed by atoms with Crippen molar-refractivity contribution in [3.8, 4) is 5.75 Å². The van der Waals surface area contributed by atoms with Crippen molar-refractivity contribution in [1.82, 2.24) is 4.31 Å². The van der Waals surface area contributed by atoms with Crippen LogP contribution in [0.4, 0.5) is 5.69 Å². The summed E-state index contributed by atoms with van der Waals surface area (Å²) >= 11 is 6.08. The van der Waals surface area contributed by atoms with E-state index in [0.717, 1.165) is 5.56 Å². The highest BCUT2D eigenvalue weighted by Crippen LogP contribution is 2.30. The Morgan fingerprint density at radius 2 is 2.04 bits per heavy atom. The van der Waals surface area contributed by atoms with E-state index in [4.69, 9.17) is 16.3 Å². The molecule has 1 heterocycles. The molecule has 0 aliphatic carbocycles. The minimum atomic E-state index is -3.74. The normalized spacial score (nSPS) is 17.9. The number of rotatable bonds is 5. The Morgan fingerprint density at radius 3 is 2.71 bits per heavy atom. The summed E-state index contributed by atoms with van der Waals surface area (Å²) in [6, 6.07) is 11.9. The number of nitrogens with zero attached hydrogens (tertiary/aromatic N) is 1. The average Bonchev–Trinajstić information content (AvgIpc) is 2.68. The van der Waals surface area contributed by atoms with Gasteiger partial charge in [0.05, 0.1) is 22.9 Å². The van der Waals surface area contributed by atoms with E-state index in [1.54, 1.807) is 0 Å². The molecule has 2 aromatic rings. The smallest absolute Gasteiger partial charge is 0.243 e. The molecule has 0 bridgehead atoms. The SMILES string of the molecule is COc1ccc(S(=O)(=O)N2CCCC(C(=O)Nc3cccc(C)c3)C2)cc1Cl. The van der Waals surface area contributed by atoms with Gasteiger partial charge < -0.3 is 10.1 Å². The highest BCUT2D eigenvalue weighted by Gasteiger charge is 2.33. The van der Waals surface area contributed by atoms with Crippen molar-refractivity contribution in [2.45, 2.75) is 24.7 Å². The van der Waals surface area contributed by atoms with Crippen LogP contribution in [0.25, 0.3) is 0 Å². The zero-order valence-corrected chi connectivity index (χ0v) is 17.4. The number of methoxy groups -OCH3 is 1. The lowest BCUT2D eigenvalue weighted by molar-refractivity contribution is -0.120. The summed E-state index contributed by atoms with van der Waals surface area (Å²) in [5, 5.41) is 3.12. The highest BCUT2D eigenvalue weighted by molar-refractivity contribution is 7.89. The summed E-state index contributed by atoms with van der Waals surface area (Å²) in [5.41, 5.74) is 1.76. The van der Waals surface area contributed by atoms with E-state index in [1.165, 1.54) is 29.6 Å². The molecule has 1 aliphatic rings. The molecule has 1 atom stereocenters. The van der Waals surface area contributed by atoms with E-state index in [9.17, 15) is 13.2 Å². The minimum Gasteiger partial charge on any atom is -0.495 e. The summed E-state index contributed by atoms with van der Waals surface area (Å²) in [7, 11) is -2.27. The maximum atomic E-state index is 13.0. The van der Waals surface area contributed by atoms with Crippen LogP contribution >= 0.6 is 11.6 Å². The minimum absolute atomic E-state index is 0.0954. The van der Waals surface area contributed by atoms with Gasteiger partial charge in [0.1, 0.15) is 5.75 Å². The van der Waals surface area contributed by atoms with Gasteiger partial charge in [-0.2, -0.15) is 4.31 Å². The first-order valence-corrected chi connectivity index (χ1v) is 10.8. The number of piperidine rings is 1. The summed E-state index contributed by atoms with van der Waals surface area (Å²) < 4.78 is 32.4. The first kappa shape index (κ1) is 20.6. The largest absolute Gasteiger partial charge is 0.495 e. The van der Waals surface area contributed by atoms with Gasteiger partial charge in [0, 0.05) is 18.8 Å². The zero-order valence-electron chi connectivity index (χ0n) is 15.8. The second-order valence-corrected chi connectivity index (χ2v) is 9.20. The van der Waals surface area contributed by atoms with Gasteiger partial charge in [-0.05, 0) is 55.7 Å². The van der Waals surface area contributed by atoms with Crippen LogP contribution in [0.2, 0.25) is 5.02 Å². The number of halogens is 1. The standard InChI is InChI=1S/C20H23ClN2O4S/c1-14-5-3-7-16(11-14)22-20(24)15-6-4-10-23(13-15)28(25,26)17-8-9-19(27-2)18(21)12-17/h3,5,7-9,11-12,15H,4,6,10,13H2,1-2H3,(H,22,24). The van der Waals surface area contributed by atoms with Gasteiger partial charge in [0.2, 0.25) is 15.9 Å². The molecule has 1 unspecified atom stereocenters. The fraction of sp³-hybridized carbons (Fsp3) is 0.350. The number of amides is 1. The molecule has 6 nitrogen and oxygen atoms in total. The second kappa shape index (κ2) is 8.51. The molecule has 1 aliphatic heterocycles. The van der Waals surface area contributed by atoms with Crippen LogP contribution in [0.1, 0.15) is 18.4 Å². The van der Waals surface area contributed by atoms with Crippen molar-refractivity contribution < 1.29 is 17.9 Å². The van der Waals surface area contributed by atoms with E-state index in [-0.39, 0.29) is 22.4 Å². The summed E-state index contributed by atoms with van der Waals surface area (Å²) in [4.78, 5) is 12.8. The number of carbonyl (C=O) groups excluding carboxylic acids is 1. The molecule has 0 spiro atoms. The van der Waals surface area contributed by atoms with Crippen molar-refractivity contribution >= 4 is 33.2 Å². The van der Waals surface area contributed by atoms with Crippen LogP contribution in [0.5, 0.6) is 5.75 Å². The molecule has 1 fully saturated rings. The number of hydrogen-bond acceptors (Lipinski definition) is 4. The van der Waals surface area contributed by atoms with Crippen molar-refractivity contribution in [2.75, 3.05) is 25.5 Å². The Balaban J connectivity index is 1.74. The van der Waals surface area contributed by atoms with E-state index < -0.39 is 15.9 Å². The number of ether oxygens (including phenoxy) is 1. The molecular weight excluding hydrogens is 400 g/mol. The van der Waals surface area contributed by atoms with Gasteiger partial charge in [0.25, 0.3) is 0 Å². The van der Waals surface area contributed by atoms with Crippen LogP contribution in [0.15, 0.2) is 47.4 Å². The molecule has 2 aromatic carbocycles. The average molecular weight is 423 g/mol. The van der Waals surface area contributed by atoms with E-state index in [2.05, 4.69) is 5.32 Å². The van der Waals surface area contributed by atoms with Crippen LogP contribution in [-0.2, 0) is 14.8 Å². The predicted molar refractivity (Wildman–Crippen MR) is 109 cm³/mol. The Morgan fingerprint density at radius 1 is 1.25 bits per heavy atom. The van der Waals surface area contributed by atoms with Gasteiger partial charge in [-0.3, -0.25) is 4.79 Å². The molecule has 0 radical (unpaired) electrons. The van der Waals surface area contributed by atoms with Crippen LogP contribution in [-0.4, -0.2) is 38.8 Å².